The number of hydrogen-bond donors (Lipinski definition) is 1. The van der Waals surface area contributed by atoms with Crippen molar-refractivity contribution < 1.29 is 13.2 Å². The van der Waals surface area contributed by atoms with Gasteiger partial charge in [-0.25, -0.2) is 13.8 Å². The van der Waals surface area contributed by atoms with Crippen LogP contribution in [0.2, 0.25) is 10.0 Å². The summed E-state index contributed by atoms with van der Waals surface area (Å²) in [5, 5.41) is 5.04. The Labute approximate surface area is 245 Å². The van der Waals surface area contributed by atoms with Crippen LogP contribution in [0.3, 0.4) is 0 Å². The molecule has 0 aliphatic rings. The quantitative estimate of drug-likeness (QED) is 0.182. The van der Waals surface area contributed by atoms with Crippen LogP contribution in [0.1, 0.15) is 33.6 Å². The number of carbonyl (C=O) groups is 1. The van der Waals surface area contributed by atoms with Crippen molar-refractivity contribution in [2.45, 2.75) is 39.5 Å². The highest BCUT2D eigenvalue weighted by atomic mass is 35.5. The summed E-state index contributed by atoms with van der Waals surface area (Å²) in [5.41, 5.74) is 9.03. The number of anilines is 1. The molecule has 208 valence electrons. The van der Waals surface area contributed by atoms with Crippen molar-refractivity contribution in [1.29, 1.82) is 0 Å². The summed E-state index contributed by atoms with van der Waals surface area (Å²) >= 11 is 12.3. The van der Waals surface area contributed by atoms with Gasteiger partial charge < -0.3 is 4.57 Å². The fourth-order valence-corrected chi connectivity index (χ4v) is 6.22. The van der Waals surface area contributed by atoms with Gasteiger partial charge in [-0.1, -0.05) is 47.0 Å². The molecule has 0 unspecified atom stereocenters. The Morgan fingerprint density at radius 1 is 0.875 bits per heavy atom. The largest absolute Gasteiger partial charge is 0.318 e. The SMILES string of the molecule is Cc1ccc(S(=O)(=O)N(CC(=O)N/N=C\c2cc(C)n(-c3ccc(Cl)c(Cl)c3)c2C)c2cc(C)cc(C)c2)cc1. The molecule has 0 bridgehead atoms. The average molecular weight is 598 g/mol. The predicted octanol–water partition coefficient (Wildman–Crippen LogP) is 6.67. The second-order valence-electron chi connectivity index (χ2n) is 9.72. The van der Waals surface area contributed by atoms with Gasteiger partial charge in [-0.2, -0.15) is 5.10 Å². The number of benzene rings is 3. The van der Waals surface area contributed by atoms with Gasteiger partial charge in [0.2, 0.25) is 0 Å². The Bertz CT molecular complexity index is 1690. The van der Waals surface area contributed by atoms with Gasteiger partial charge in [0, 0.05) is 22.6 Å². The highest BCUT2D eigenvalue weighted by Crippen LogP contribution is 2.28. The van der Waals surface area contributed by atoms with E-state index in [0.29, 0.717) is 15.7 Å². The van der Waals surface area contributed by atoms with Gasteiger partial charge in [-0.3, -0.25) is 9.10 Å². The van der Waals surface area contributed by atoms with E-state index in [4.69, 9.17) is 23.2 Å². The average Bonchev–Trinajstić information content (AvgIpc) is 3.16. The molecule has 1 heterocycles. The molecule has 4 aromatic rings. The highest BCUT2D eigenvalue weighted by molar-refractivity contribution is 7.92. The maximum Gasteiger partial charge on any atom is 0.264 e. The minimum atomic E-state index is -4.03. The lowest BCUT2D eigenvalue weighted by Crippen LogP contribution is -2.39. The van der Waals surface area contributed by atoms with E-state index in [2.05, 4.69) is 10.5 Å². The molecular weight excluding hydrogens is 567 g/mol. The third kappa shape index (κ3) is 6.41. The van der Waals surface area contributed by atoms with E-state index in [-0.39, 0.29) is 4.90 Å². The van der Waals surface area contributed by atoms with Gasteiger partial charge in [-0.15, -0.1) is 0 Å². The normalized spacial score (nSPS) is 11.7. The second-order valence-corrected chi connectivity index (χ2v) is 12.4. The Hall–Kier alpha value is -3.59. The number of aryl methyl sites for hydroxylation is 4. The molecule has 0 fully saturated rings. The molecule has 0 saturated carbocycles. The molecule has 1 aromatic heterocycles. The minimum absolute atomic E-state index is 0.100. The maximum atomic E-state index is 13.6. The van der Waals surface area contributed by atoms with E-state index < -0.39 is 22.5 Å². The van der Waals surface area contributed by atoms with E-state index in [1.54, 1.807) is 48.5 Å². The summed E-state index contributed by atoms with van der Waals surface area (Å²) in [7, 11) is -4.03. The predicted molar refractivity (Wildman–Crippen MR) is 163 cm³/mol. The summed E-state index contributed by atoms with van der Waals surface area (Å²) in [6.45, 7) is 9.07. The Balaban J connectivity index is 1.58. The summed E-state index contributed by atoms with van der Waals surface area (Å²) < 4.78 is 30.4. The van der Waals surface area contributed by atoms with Crippen molar-refractivity contribution in [3.8, 4) is 5.69 Å². The van der Waals surface area contributed by atoms with Crippen molar-refractivity contribution >= 4 is 51.0 Å². The van der Waals surface area contributed by atoms with Gasteiger partial charge in [0.15, 0.2) is 0 Å². The molecule has 40 heavy (non-hydrogen) atoms. The third-order valence-electron chi connectivity index (χ3n) is 6.42. The lowest BCUT2D eigenvalue weighted by Gasteiger charge is -2.24. The Morgan fingerprint density at radius 2 is 1.52 bits per heavy atom. The van der Waals surface area contributed by atoms with E-state index in [1.807, 2.05) is 57.4 Å². The monoisotopic (exact) mass is 596 g/mol. The summed E-state index contributed by atoms with van der Waals surface area (Å²) in [6, 6.07) is 19.3. The van der Waals surface area contributed by atoms with Crippen molar-refractivity contribution in [3.05, 3.63) is 110 Å². The standard InChI is InChI=1S/C30H30Cl2N4O3S/c1-19-6-9-27(10-7-19)40(38,39)35(26-13-20(2)12-21(3)14-26)18-30(37)34-33-17-24-15-22(4)36(23(24)5)25-8-11-28(31)29(32)16-25/h6-17H,18H2,1-5H3,(H,34,37)/b33-17-. The van der Waals surface area contributed by atoms with Gasteiger partial charge in [0.25, 0.3) is 15.9 Å². The second kappa shape index (κ2) is 11.9. The first-order chi connectivity index (χ1) is 18.9. The zero-order valence-electron chi connectivity index (χ0n) is 22.9. The van der Waals surface area contributed by atoms with Crippen LogP contribution >= 0.6 is 23.2 Å². The third-order valence-corrected chi connectivity index (χ3v) is 8.94. The van der Waals surface area contributed by atoms with Crippen LogP contribution in [-0.2, 0) is 14.8 Å². The maximum absolute atomic E-state index is 13.6. The van der Waals surface area contributed by atoms with Crippen molar-refractivity contribution in [2.24, 2.45) is 5.10 Å². The first-order valence-electron chi connectivity index (χ1n) is 12.5. The number of aromatic nitrogens is 1. The number of nitrogens with one attached hydrogen (secondary N) is 1. The number of hydrogen-bond acceptors (Lipinski definition) is 4. The smallest absolute Gasteiger partial charge is 0.264 e. The number of halogens is 2. The summed E-state index contributed by atoms with van der Waals surface area (Å²) in [6.07, 6.45) is 1.53. The van der Waals surface area contributed by atoms with E-state index in [9.17, 15) is 13.2 Å². The Kier molecular flexibility index (Phi) is 8.73. The number of rotatable bonds is 8. The zero-order valence-corrected chi connectivity index (χ0v) is 25.2. The first kappa shape index (κ1) is 29.4. The molecule has 0 aliphatic heterocycles. The molecule has 1 amide bonds. The molecule has 7 nitrogen and oxygen atoms in total. The van der Waals surface area contributed by atoms with Gasteiger partial charge >= 0.3 is 0 Å². The van der Waals surface area contributed by atoms with Crippen LogP contribution in [0.25, 0.3) is 5.69 Å². The van der Waals surface area contributed by atoms with Crippen LogP contribution in [0.5, 0.6) is 0 Å². The first-order valence-corrected chi connectivity index (χ1v) is 14.7. The molecule has 4 rings (SSSR count). The summed E-state index contributed by atoms with van der Waals surface area (Å²) in [4.78, 5) is 13.1. The minimum Gasteiger partial charge on any atom is -0.318 e. The molecular formula is C30H30Cl2N4O3S. The van der Waals surface area contributed by atoms with Crippen LogP contribution in [0.4, 0.5) is 5.69 Å². The van der Waals surface area contributed by atoms with Crippen molar-refractivity contribution in [1.82, 2.24) is 9.99 Å². The number of carbonyl (C=O) groups excluding carboxylic acids is 1. The number of amides is 1. The molecule has 3 aromatic carbocycles. The molecule has 0 radical (unpaired) electrons. The van der Waals surface area contributed by atoms with E-state index >= 15 is 0 Å². The fourth-order valence-electron chi connectivity index (χ4n) is 4.53. The van der Waals surface area contributed by atoms with Crippen molar-refractivity contribution in [3.63, 3.8) is 0 Å². The van der Waals surface area contributed by atoms with E-state index in [1.165, 1.54) is 6.21 Å². The highest BCUT2D eigenvalue weighted by Gasteiger charge is 2.27. The lowest BCUT2D eigenvalue weighted by atomic mass is 10.1. The van der Waals surface area contributed by atoms with Crippen molar-refractivity contribution in [2.75, 3.05) is 10.8 Å². The molecule has 0 atom stereocenters. The molecule has 0 spiro atoms. The number of nitrogens with zero attached hydrogens (tertiary/aromatic N) is 3. The number of hydrazone groups is 1. The molecule has 0 saturated heterocycles. The topological polar surface area (TPSA) is 83.8 Å². The van der Waals surface area contributed by atoms with Crippen LogP contribution in [0, 0.1) is 34.6 Å². The molecule has 0 aliphatic carbocycles. The van der Waals surface area contributed by atoms with Crippen LogP contribution in [0.15, 0.2) is 76.7 Å². The van der Waals surface area contributed by atoms with Gasteiger partial charge in [0.1, 0.15) is 6.54 Å². The van der Waals surface area contributed by atoms with Gasteiger partial charge in [-0.05, 0) is 94.3 Å². The lowest BCUT2D eigenvalue weighted by molar-refractivity contribution is -0.119. The number of sulfonamides is 1. The molecule has 10 heteroatoms. The zero-order chi connectivity index (χ0) is 29.2. The fraction of sp³-hybridized carbons (Fsp3) is 0.200. The van der Waals surface area contributed by atoms with Crippen LogP contribution in [-0.4, -0.2) is 31.7 Å². The van der Waals surface area contributed by atoms with Gasteiger partial charge in [0.05, 0.1) is 26.8 Å². The van der Waals surface area contributed by atoms with Crippen LogP contribution < -0.4 is 9.73 Å². The molecule has 1 N–H and O–H groups in total. The Morgan fingerprint density at radius 3 is 2.15 bits per heavy atom. The summed E-state index contributed by atoms with van der Waals surface area (Å²) in [5.74, 6) is -0.579. The van der Waals surface area contributed by atoms with E-state index in [0.717, 1.165) is 43.6 Å².